The fourth-order valence-corrected chi connectivity index (χ4v) is 3.47. The van der Waals surface area contributed by atoms with E-state index in [1.807, 2.05) is 31.2 Å². The van der Waals surface area contributed by atoms with Crippen LogP contribution < -0.4 is 14.8 Å². The first-order chi connectivity index (χ1) is 13.2. The lowest BCUT2D eigenvalue weighted by molar-refractivity contribution is -0.121. The van der Waals surface area contributed by atoms with Crippen molar-refractivity contribution in [2.45, 2.75) is 38.5 Å². The minimum atomic E-state index is 0.163. The summed E-state index contributed by atoms with van der Waals surface area (Å²) in [6.45, 7) is 3.42. The molecule has 2 atom stereocenters. The number of rotatable bonds is 10. The Balaban J connectivity index is 1.48. The summed E-state index contributed by atoms with van der Waals surface area (Å²) >= 11 is 0. The molecule has 0 spiro atoms. The Morgan fingerprint density at radius 1 is 1.19 bits per heavy atom. The number of methoxy groups -OCH3 is 1. The van der Waals surface area contributed by atoms with Gasteiger partial charge in [0, 0.05) is 19.4 Å². The quantitative estimate of drug-likeness (QED) is 0.680. The van der Waals surface area contributed by atoms with Gasteiger partial charge in [-0.2, -0.15) is 0 Å². The van der Waals surface area contributed by atoms with E-state index >= 15 is 0 Å². The van der Waals surface area contributed by atoms with Crippen molar-refractivity contribution in [2.75, 3.05) is 20.3 Å². The first-order valence-corrected chi connectivity index (χ1v) is 9.82. The van der Waals surface area contributed by atoms with Gasteiger partial charge in [0.1, 0.15) is 11.5 Å². The number of hydrogen-bond donors (Lipinski definition) is 1. The van der Waals surface area contributed by atoms with Crippen LogP contribution in [0.4, 0.5) is 0 Å². The third-order valence-electron chi connectivity index (χ3n) is 5.08. The number of nitrogens with one attached hydrogen (secondary N) is 1. The van der Waals surface area contributed by atoms with Crippen molar-refractivity contribution in [3.05, 3.63) is 59.7 Å². The fraction of sp³-hybridized carbons (Fsp3) is 0.435. The van der Waals surface area contributed by atoms with E-state index in [0.717, 1.165) is 42.9 Å². The summed E-state index contributed by atoms with van der Waals surface area (Å²) in [5.74, 6) is 3.06. The van der Waals surface area contributed by atoms with Crippen molar-refractivity contribution < 1.29 is 14.3 Å². The van der Waals surface area contributed by atoms with Crippen molar-refractivity contribution in [1.82, 2.24) is 5.32 Å². The Morgan fingerprint density at radius 2 is 2.04 bits per heavy atom. The van der Waals surface area contributed by atoms with Crippen molar-refractivity contribution in [3.63, 3.8) is 0 Å². The Labute approximate surface area is 161 Å². The molecular weight excluding hydrogens is 338 g/mol. The van der Waals surface area contributed by atoms with Crippen LogP contribution in [-0.2, 0) is 11.2 Å². The van der Waals surface area contributed by atoms with E-state index in [0.29, 0.717) is 24.9 Å². The third-order valence-corrected chi connectivity index (χ3v) is 5.08. The summed E-state index contributed by atoms with van der Waals surface area (Å²) in [6, 6.07) is 16.4. The van der Waals surface area contributed by atoms with Gasteiger partial charge in [-0.25, -0.2) is 0 Å². The van der Waals surface area contributed by atoms with E-state index in [2.05, 4.69) is 29.6 Å². The minimum Gasteiger partial charge on any atom is -0.496 e. The van der Waals surface area contributed by atoms with Crippen molar-refractivity contribution >= 4 is 5.91 Å². The van der Waals surface area contributed by atoms with Gasteiger partial charge in [0.15, 0.2) is 0 Å². The molecule has 0 bridgehead atoms. The molecule has 1 fully saturated rings. The van der Waals surface area contributed by atoms with E-state index < -0.39 is 0 Å². The molecule has 1 aliphatic carbocycles. The lowest BCUT2D eigenvalue weighted by Crippen LogP contribution is -2.25. The molecule has 2 aromatic carbocycles. The number of amides is 1. The highest BCUT2D eigenvalue weighted by atomic mass is 16.5. The van der Waals surface area contributed by atoms with Gasteiger partial charge < -0.3 is 14.8 Å². The summed E-state index contributed by atoms with van der Waals surface area (Å²) < 4.78 is 11.4. The summed E-state index contributed by atoms with van der Waals surface area (Å²) in [5.41, 5.74) is 2.46. The molecule has 0 radical (unpaired) electrons. The number of para-hydroxylation sites is 1. The van der Waals surface area contributed by atoms with Crippen molar-refractivity contribution in [3.8, 4) is 11.5 Å². The maximum absolute atomic E-state index is 11.6. The molecule has 1 aliphatic rings. The van der Waals surface area contributed by atoms with Gasteiger partial charge >= 0.3 is 0 Å². The smallest absolute Gasteiger partial charge is 0.219 e. The molecule has 1 amide bonds. The summed E-state index contributed by atoms with van der Waals surface area (Å²) in [4.78, 5) is 11.6. The number of carbonyl (C=O) groups excluding carboxylic acids is 1. The zero-order chi connectivity index (χ0) is 19.1. The van der Waals surface area contributed by atoms with Crippen LogP contribution in [0.5, 0.6) is 11.5 Å². The number of benzene rings is 2. The van der Waals surface area contributed by atoms with Crippen LogP contribution in [0.25, 0.3) is 0 Å². The number of carbonyl (C=O) groups is 1. The molecule has 144 valence electrons. The van der Waals surface area contributed by atoms with Crippen LogP contribution in [0.15, 0.2) is 48.5 Å². The zero-order valence-corrected chi connectivity index (χ0v) is 16.2. The molecule has 1 saturated carbocycles. The van der Waals surface area contributed by atoms with E-state index in [1.54, 1.807) is 7.11 Å². The van der Waals surface area contributed by atoms with Crippen LogP contribution in [0, 0.1) is 5.92 Å². The zero-order valence-electron chi connectivity index (χ0n) is 16.2. The maximum atomic E-state index is 11.6. The highest BCUT2D eigenvalue weighted by molar-refractivity contribution is 5.75. The van der Waals surface area contributed by atoms with Gasteiger partial charge in [-0.1, -0.05) is 37.3 Å². The normalized spacial score (nSPS) is 18.0. The second kappa shape index (κ2) is 9.45. The highest BCUT2D eigenvalue weighted by Gasteiger charge is 2.38. The summed E-state index contributed by atoms with van der Waals surface area (Å²) in [6.07, 6.45) is 3.46. The van der Waals surface area contributed by atoms with Gasteiger partial charge in [0.05, 0.1) is 13.7 Å². The molecule has 2 aromatic rings. The number of hydrogen-bond acceptors (Lipinski definition) is 3. The lowest BCUT2D eigenvalue weighted by atomic mass is 10.1. The molecule has 4 nitrogen and oxygen atoms in total. The van der Waals surface area contributed by atoms with E-state index in [9.17, 15) is 4.79 Å². The summed E-state index contributed by atoms with van der Waals surface area (Å²) in [5, 5.41) is 3.04. The van der Waals surface area contributed by atoms with Crippen LogP contribution in [0.1, 0.15) is 43.2 Å². The van der Waals surface area contributed by atoms with Gasteiger partial charge in [-0.15, -0.1) is 0 Å². The predicted octanol–water partition coefficient (Wildman–Crippen LogP) is 4.34. The standard InChI is InChI=1S/C23H29NO3/c1-3-7-23(25)24-16-19-15-21(19)18-9-6-10-20(14-18)27-13-12-17-8-4-5-11-22(17)26-2/h4-6,8-11,14,19,21H,3,7,12-13,15-16H2,1-2H3,(H,24,25). The Morgan fingerprint density at radius 3 is 2.85 bits per heavy atom. The average molecular weight is 367 g/mol. The van der Waals surface area contributed by atoms with Crippen LogP contribution in [0.2, 0.25) is 0 Å². The van der Waals surface area contributed by atoms with Crippen LogP contribution in [-0.4, -0.2) is 26.2 Å². The Hall–Kier alpha value is -2.49. The minimum absolute atomic E-state index is 0.163. The van der Waals surface area contributed by atoms with Gasteiger partial charge in [-0.05, 0) is 54.0 Å². The van der Waals surface area contributed by atoms with Gasteiger partial charge in [-0.3, -0.25) is 4.79 Å². The SMILES string of the molecule is CCCC(=O)NCC1CC1c1cccc(OCCc2ccccc2OC)c1. The Bertz CT molecular complexity index is 759. The van der Waals surface area contributed by atoms with Crippen LogP contribution >= 0.6 is 0 Å². The second-order valence-corrected chi connectivity index (χ2v) is 7.14. The monoisotopic (exact) mass is 367 g/mol. The average Bonchev–Trinajstić information content (AvgIpc) is 3.47. The first-order valence-electron chi connectivity index (χ1n) is 9.82. The molecule has 2 unspecified atom stereocenters. The van der Waals surface area contributed by atoms with Crippen molar-refractivity contribution in [1.29, 1.82) is 0 Å². The van der Waals surface area contributed by atoms with E-state index in [4.69, 9.17) is 9.47 Å². The molecule has 0 aliphatic heterocycles. The fourth-order valence-electron chi connectivity index (χ4n) is 3.47. The summed E-state index contributed by atoms with van der Waals surface area (Å²) in [7, 11) is 1.69. The molecule has 0 heterocycles. The number of ether oxygens (including phenoxy) is 2. The van der Waals surface area contributed by atoms with Gasteiger partial charge in [0.2, 0.25) is 5.91 Å². The second-order valence-electron chi connectivity index (χ2n) is 7.14. The molecular formula is C23H29NO3. The van der Waals surface area contributed by atoms with E-state index in [-0.39, 0.29) is 5.91 Å². The predicted molar refractivity (Wildman–Crippen MR) is 107 cm³/mol. The molecule has 1 N–H and O–H groups in total. The molecule has 27 heavy (non-hydrogen) atoms. The topological polar surface area (TPSA) is 47.6 Å². The molecule has 4 heteroatoms. The van der Waals surface area contributed by atoms with Gasteiger partial charge in [0.25, 0.3) is 0 Å². The molecule has 3 rings (SSSR count). The third kappa shape index (κ3) is 5.49. The Kier molecular flexibility index (Phi) is 6.74. The highest BCUT2D eigenvalue weighted by Crippen LogP contribution is 2.47. The van der Waals surface area contributed by atoms with Crippen LogP contribution in [0.3, 0.4) is 0 Å². The van der Waals surface area contributed by atoms with Crippen molar-refractivity contribution in [2.24, 2.45) is 5.92 Å². The largest absolute Gasteiger partial charge is 0.496 e. The first kappa shape index (κ1) is 19.3. The molecule has 0 saturated heterocycles. The maximum Gasteiger partial charge on any atom is 0.219 e. The lowest BCUT2D eigenvalue weighted by Gasteiger charge is -2.10. The molecule has 0 aromatic heterocycles. The van der Waals surface area contributed by atoms with E-state index in [1.165, 1.54) is 5.56 Å².